The summed E-state index contributed by atoms with van der Waals surface area (Å²) in [6, 6.07) is 12.7. The summed E-state index contributed by atoms with van der Waals surface area (Å²) in [6.45, 7) is 4.62. The van der Waals surface area contributed by atoms with Gasteiger partial charge in [0.05, 0.1) is 13.2 Å². The third-order valence-corrected chi connectivity index (χ3v) is 7.79. The highest BCUT2D eigenvalue weighted by atomic mass is 19.2. The molecule has 0 aromatic heterocycles. The van der Waals surface area contributed by atoms with Crippen molar-refractivity contribution in [3.63, 3.8) is 0 Å². The van der Waals surface area contributed by atoms with Crippen molar-refractivity contribution in [2.24, 2.45) is 0 Å². The number of ether oxygens (including phenoxy) is 2. The van der Waals surface area contributed by atoms with E-state index in [0.29, 0.717) is 29.5 Å². The maximum absolute atomic E-state index is 15.2. The summed E-state index contributed by atoms with van der Waals surface area (Å²) in [5, 5.41) is 0. The van der Waals surface area contributed by atoms with Crippen molar-refractivity contribution in [2.75, 3.05) is 13.2 Å². The molecule has 0 saturated carbocycles. The van der Waals surface area contributed by atoms with Crippen molar-refractivity contribution in [3.05, 3.63) is 95.1 Å². The van der Waals surface area contributed by atoms with Gasteiger partial charge in [-0.2, -0.15) is 0 Å². The summed E-state index contributed by atoms with van der Waals surface area (Å²) in [5.41, 5.74) is 1.75. The zero-order valence-corrected chi connectivity index (χ0v) is 24.0. The van der Waals surface area contributed by atoms with E-state index < -0.39 is 29.2 Å². The summed E-state index contributed by atoms with van der Waals surface area (Å²) in [5.74, 6) is -3.99. The lowest BCUT2D eigenvalue weighted by atomic mass is 9.94. The number of hydrogen-bond donors (Lipinski definition) is 0. The molecule has 0 unspecified atom stereocenters. The summed E-state index contributed by atoms with van der Waals surface area (Å²) >= 11 is 0. The van der Waals surface area contributed by atoms with Gasteiger partial charge < -0.3 is 9.47 Å². The molecule has 1 saturated heterocycles. The molecule has 41 heavy (non-hydrogen) atoms. The first-order valence-corrected chi connectivity index (χ1v) is 14.8. The molecule has 220 valence electrons. The van der Waals surface area contributed by atoms with Crippen molar-refractivity contribution < 1.29 is 27.0 Å². The van der Waals surface area contributed by atoms with Gasteiger partial charge in [-0.05, 0) is 48.4 Å². The Morgan fingerprint density at radius 3 is 1.93 bits per heavy atom. The maximum Gasteiger partial charge on any atom is 0.166 e. The molecule has 0 atom stereocenters. The third kappa shape index (κ3) is 7.87. The molecular formula is C35H40F4O2. The topological polar surface area (TPSA) is 18.5 Å². The van der Waals surface area contributed by atoms with E-state index >= 15 is 8.78 Å². The van der Waals surface area contributed by atoms with E-state index in [2.05, 4.69) is 6.92 Å². The lowest BCUT2D eigenvalue weighted by molar-refractivity contribution is -0.189. The third-order valence-electron chi connectivity index (χ3n) is 7.79. The van der Waals surface area contributed by atoms with Crippen LogP contribution in [0.25, 0.3) is 22.3 Å². The van der Waals surface area contributed by atoms with E-state index in [1.165, 1.54) is 25.3 Å². The maximum atomic E-state index is 15.2. The Kier molecular flexibility index (Phi) is 11.6. The van der Waals surface area contributed by atoms with Gasteiger partial charge >= 0.3 is 0 Å². The number of unbranched alkanes of at least 4 members (excludes halogenated alkanes) is 5. The fraction of sp³-hybridized carbons (Fsp3) is 0.429. The number of hydrogen-bond acceptors (Lipinski definition) is 2. The van der Waals surface area contributed by atoms with Crippen LogP contribution in [0.15, 0.2) is 60.7 Å². The van der Waals surface area contributed by atoms with E-state index in [-0.39, 0.29) is 36.2 Å². The molecule has 0 bridgehead atoms. The van der Waals surface area contributed by atoms with Crippen molar-refractivity contribution in [1.29, 1.82) is 0 Å². The van der Waals surface area contributed by atoms with E-state index in [1.807, 2.05) is 19.1 Å². The second kappa shape index (κ2) is 15.3. The Balaban J connectivity index is 1.41. The van der Waals surface area contributed by atoms with Crippen molar-refractivity contribution >= 4 is 0 Å². The minimum Gasteiger partial charge on any atom is -0.352 e. The largest absolute Gasteiger partial charge is 0.352 e. The Labute approximate surface area is 241 Å². The second-order valence-electron chi connectivity index (χ2n) is 10.8. The SMILES string of the molecule is C/C=C/CCC1OCC(c2ccc(-c3ccc(-c4ccc(CCCCCCCC)c(F)c4F)cc3)c(F)c2F)CO1. The Morgan fingerprint density at radius 1 is 0.707 bits per heavy atom. The molecule has 0 N–H and O–H groups in total. The van der Waals surface area contributed by atoms with Crippen LogP contribution in [0.2, 0.25) is 0 Å². The predicted molar refractivity (Wildman–Crippen MR) is 157 cm³/mol. The Bertz CT molecular complexity index is 1290. The smallest absolute Gasteiger partial charge is 0.166 e. The molecular weight excluding hydrogens is 528 g/mol. The minimum absolute atomic E-state index is 0.0978. The highest BCUT2D eigenvalue weighted by Crippen LogP contribution is 2.34. The lowest BCUT2D eigenvalue weighted by Gasteiger charge is -2.30. The van der Waals surface area contributed by atoms with Gasteiger partial charge in [-0.25, -0.2) is 17.6 Å². The average Bonchev–Trinajstić information content (AvgIpc) is 2.99. The molecule has 1 heterocycles. The van der Waals surface area contributed by atoms with E-state index in [0.717, 1.165) is 25.7 Å². The summed E-state index contributed by atoms with van der Waals surface area (Å²) in [6.07, 6.45) is 12.2. The van der Waals surface area contributed by atoms with Gasteiger partial charge in [0, 0.05) is 23.5 Å². The summed E-state index contributed by atoms with van der Waals surface area (Å²) in [7, 11) is 0. The van der Waals surface area contributed by atoms with Gasteiger partial charge in [-0.3, -0.25) is 0 Å². The number of allylic oxidation sites excluding steroid dienone is 2. The standard InChI is InChI=1S/C35H40F4O2/c1-3-5-7-8-9-11-12-26-18-19-28(33(37)32(26)36)24-14-16-25(17-15-24)29-20-21-30(35(39)34(29)38)27-22-40-31(41-23-27)13-10-6-4-2/h4,6,14-21,27,31H,3,5,7-13,22-23H2,1-2H3/b6-4+. The van der Waals surface area contributed by atoms with Crippen LogP contribution in [0, 0.1) is 23.3 Å². The molecule has 1 fully saturated rings. The van der Waals surface area contributed by atoms with Crippen molar-refractivity contribution in [3.8, 4) is 22.3 Å². The monoisotopic (exact) mass is 568 g/mol. The molecule has 0 amide bonds. The quantitative estimate of drug-likeness (QED) is 0.116. The van der Waals surface area contributed by atoms with Crippen LogP contribution in [-0.4, -0.2) is 19.5 Å². The summed E-state index contributed by atoms with van der Waals surface area (Å²) in [4.78, 5) is 0. The van der Waals surface area contributed by atoms with Crippen LogP contribution in [0.3, 0.4) is 0 Å². The van der Waals surface area contributed by atoms with E-state index in [1.54, 1.807) is 42.5 Å². The van der Waals surface area contributed by atoms with Crippen LogP contribution in [0.5, 0.6) is 0 Å². The number of benzene rings is 3. The van der Waals surface area contributed by atoms with Gasteiger partial charge in [0.2, 0.25) is 0 Å². The first-order chi connectivity index (χ1) is 19.9. The van der Waals surface area contributed by atoms with Crippen molar-refractivity contribution in [2.45, 2.75) is 83.8 Å². The molecule has 0 radical (unpaired) electrons. The highest BCUT2D eigenvalue weighted by Gasteiger charge is 2.27. The van der Waals surface area contributed by atoms with E-state index in [9.17, 15) is 8.78 Å². The predicted octanol–water partition coefficient (Wildman–Crippen LogP) is 10.3. The van der Waals surface area contributed by atoms with Crippen LogP contribution < -0.4 is 0 Å². The molecule has 1 aliphatic heterocycles. The zero-order chi connectivity index (χ0) is 29.2. The second-order valence-corrected chi connectivity index (χ2v) is 10.8. The van der Waals surface area contributed by atoms with Crippen LogP contribution in [-0.2, 0) is 15.9 Å². The Hall–Kier alpha value is -2.96. The first-order valence-electron chi connectivity index (χ1n) is 14.8. The fourth-order valence-electron chi connectivity index (χ4n) is 5.32. The van der Waals surface area contributed by atoms with Gasteiger partial charge in [-0.1, -0.05) is 99.7 Å². The molecule has 0 aliphatic carbocycles. The fourth-order valence-corrected chi connectivity index (χ4v) is 5.32. The molecule has 1 aliphatic rings. The molecule has 3 aromatic rings. The van der Waals surface area contributed by atoms with Gasteiger partial charge in [0.25, 0.3) is 0 Å². The van der Waals surface area contributed by atoms with Crippen LogP contribution >= 0.6 is 0 Å². The number of rotatable bonds is 13. The van der Waals surface area contributed by atoms with Crippen LogP contribution in [0.1, 0.15) is 82.3 Å². The Morgan fingerprint density at radius 2 is 1.29 bits per heavy atom. The molecule has 4 rings (SSSR count). The highest BCUT2D eigenvalue weighted by molar-refractivity contribution is 5.71. The molecule has 6 heteroatoms. The van der Waals surface area contributed by atoms with Gasteiger partial charge in [0.15, 0.2) is 29.6 Å². The normalized spacial score (nSPS) is 17.4. The van der Waals surface area contributed by atoms with Gasteiger partial charge in [0.1, 0.15) is 0 Å². The first kappa shape index (κ1) is 31.0. The summed E-state index contributed by atoms with van der Waals surface area (Å²) < 4.78 is 71.5. The zero-order valence-electron chi connectivity index (χ0n) is 24.0. The minimum atomic E-state index is -0.957. The molecule has 3 aromatic carbocycles. The van der Waals surface area contributed by atoms with Crippen LogP contribution in [0.4, 0.5) is 17.6 Å². The molecule has 2 nitrogen and oxygen atoms in total. The van der Waals surface area contributed by atoms with Gasteiger partial charge in [-0.15, -0.1) is 0 Å². The van der Waals surface area contributed by atoms with E-state index in [4.69, 9.17) is 9.47 Å². The molecule has 0 spiro atoms. The number of aryl methyl sites for hydroxylation is 1. The lowest BCUT2D eigenvalue weighted by Crippen LogP contribution is -2.31. The average molecular weight is 569 g/mol. The van der Waals surface area contributed by atoms with Crippen molar-refractivity contribution in [1.82, 2.24) is 0 Å². The number of halogens is 4.